The Morgan fingerprint density at radius 2 is 2.17 bits per heavy atom. The SMILES string of the molecule is CCC(CCNc1c(C)c(C)n2nnnc2c1[N+](=O)[O-])C(=O)O. The maximum atomic E-state index is 11.4. The van der Waals surface area contributed by atoms with Crippen molar-refractivity contribution in [2.75, 3.05) is 11.9 Å². The number of tetrazole rings is 1. The van der Waals surface area contributed by atoms with Crippen LogP contribution in [0.2, 0.25) is 0 Å². The molecule has 1 unspecified atom stereocenters. The second-order valence-electron chi connectivity index (χ2n) is 5.26. The van der Waals surface area contributed by atoms with Crippen LogP contribution in [0.4, 0.5) is 11.4 Å². The maximum Gasteiger partial charge on any atom is 0.338 e. The summed E-state index contributed by atoms with van der Waals surface area (Å²) in [6.45, 7) is 5.61. The molecule has 0 spiro atoms. The van der Waals surface area contributed by atoms with E-state index in [2.05, 4.69) is 20.8 Å². The minimum Gasteiger partial charge on any atom is -0.481 e. The molecule has 2 N–H and O–H groups in total. The molecule has 10 nitrogen and oxygen atoms in total. The van der Waals surface area contributed by atoms with Gasteiger partial charge < -0.3 is 10.4 Å². The number of aryl methyl sites for hydroxylation is 1. The summed E-state index contributed by atoms with van der Waals surface area (Å²) in [5, 5.41) is 34.4. The molecule has 0 aromatic carbocycles. The Labute approximate surface area is 131 Å². The number of nitro groups is 1. The molecule has 1 atom stereocenters. The molecule has 0 amide bonds. The summed E-state index contributed by atoms with van der Waals surface area (Å²) in [7, 11) is 0. The summed E-state index contributed by atoms with van der Waals surface area (Å²) in [5.41, 5.74) is 1.52. The highest BCUT2D eigenvalue weighted by atomic mass is 16.6. The zero-order chi connectivity index (χ0) is 17.1. The summed E-state index contributed by atoms with van der Waals surface area (Å²) in [6.07, 6.45) is 0.877. The van der Waals surface area contributed by atoms with Crippen LogP contribution in [0.5, 0.6) is 0 Å². The number of nitrogens with zero attached hydrogens (tertiary/aromatic N) is 5. The molecule has 0 saturated heterocycles. The van der Waals surface area contributed by atoms with Crippen LogP contribution in [0.1, 0.15) is 31.0 Å². The Bertz CT molecular complexity index is 756. The van der Waals surface area contributed by atoms with Crippen molar-refractivity contribution in [2.24, 2.45) is 5.92 Å². The van der Waals surface area contributed by atoms with E-state index in [9.17, 15) is 14.9 Å². The highest BCUT2D eigenvalue weighted by molar-refractivity contribution is 5.78. The molecule has 2 rings (SSSR count). The lowest BCUT2D eigenvalue weighted by Gasteiger charge is -2.14. The van der Waals surface area contributed by atoms with Gasteiger partial charge in [-0.1, -0.05) is 6.92 Å². The van der Waals surface area contributed by atoms with Gasteiger partial charge in [-0.25, -0.2) is 0 Å². The molecule has 0 aliphatic rings. The summed E-state index contributed by atoms with van der Waals surface area (Å²) >= 11 is 0. The first-order valence-corrected chi connectivity index (χ1v) is 7.20. The van der Waals surface area contributed by atoms with Crippen LogP contribution in [-0.2, 0) is 4.79 Å². The van der Waals surface area contributed by atoms with Crippen molar-refractivity contribution >= 4 is 23.0 Å². The molecule has 10 heteroatoms. The molecule has 0 aliphatic carbocycles. The lowest BCUT2D eigenvalue weighted by atomic mass is 10.0. The zero-order valence-electron chi connectivity index (χ0n) is 13.1. The van der Waals surface area contributed by atoms with Gasteiger partial charge in [0.1, 0.15) is 5.69 Å². The molecular formula is C13H18N6O4. The molecule has 2 aromatic heterocycles. The van der Waals surface area contributed by atoms with E-state index in [-0.39, 0.29) is 11.3 Å². The third-order valence-corrected chi connectivity index (χ3v) is 3.97. The van der Waals surface area contributed by atoms with Crippen molar-refractivity contribution < 1.29 is 14.8 Å². The standard InChI is InChI=1S/C13H18N6O4/c1-4-9(13(20)21)5-6-14-10-7(2)8(3)18-12(15-16-17-18)11(10)19(22)23/h9,14H,4-6H2,1-3H3,(H,20,21). The minimum atomic E-state index is -0.867. The van der Waals surface area contributed by atoms with Crippen molar-refractivity contribution in [3.8, 4) is 0 Å². The first-order chi connectivity index (χ1) is 10.9. The Hall–Kier alpha value is -2.78. The van der Waals surface area contributed by atoms with Crippen LogP contribution < -0.4 is 5.32 Å². The molecule has 0 radical (unpaired) electrons. The molecule has 0 saturated carbocycles. The quantitative estimate of drug-likeness (QED) is 0.579. The van der Waals surface area contributed by atoms with Crippen LogP contribution in [0.25, 0.3) is 5.65 Å². The Balaban J connectivity index is 2.36. The molecule has 0 aliphatic heterocycles. The average molecular weight is 322 g/mol. The molecule has 0 bridgehead atoms. The summed E-state index contributed by atoms with van der Waals surface area (Å²) in [6, 6.07) is 0. The molecule has 2 heterocycles. The van der Waals surface area contributed by atoms with Crippen molar-refractivity contribution in [1.29, 1.82) is 0 Å². The number of aromatic nitrogens is 4. The molecule has 0 fully saturated rings. The third-order valence-electron chi connectivity index (χ3n) is 3.97. The number of anilines is 1. The summed E-state index contributed by atoms with van der Waals surface area (Å²) < 4.78 is 1.32. The summed E-state index contributed by atoms with van der Waals surface area (Å²) in [4.78, 5) is 21.9. The van der Waals surface area contributed by atoms with Crippen LogP contribution in [-0.4, -0.2) is 42.6 Å². The number of rotatable bonds is 7. The predicted molar refractivity (Wildman–Crippen MR) is 81.4 cm³/mol. The van der Waals surface area contributed by atoms with Gasteiger partial charge in [0, 0.05) is 17.8 Å². The molecule has 2 aromatic rings. The van der Waals surface area contributed by atoms with Gasteiger partial charge >= 0.3 is 11.7 Å². The topological polar surface area (TPSA) is 136 Å². The number of carbonyl (C=O) groups is 1. The molecule has 124 valence electrons. The predicted octanol–water partition coefficient (Wildman–Crippen LogP) is 1.56. The van der Waals surface area contributed by atoms with Crippen LogP contribution >= 0.6 is 0 Å². The second kappa shape index (κ2) is 6.55. The van der Waals surface area contributed by atoms with E-state index < -0.39 is 16.8 Å². The van der Waals surface area contributed by atoms with Crippen LogP contribution in [0.15, 0.2) is 0 Å². The van der Waals surface area contributed by atoms with Gasteiger partial charge in [0.2, 0.25) is 0 Å². The van der Waals surface area contributed by atoms with E-state index in [1.807, 2.05) is 0 Å². The fourth-order valence-corrected chi connectivity index (χ4v) is 2.45. The first kappa shape index (κ1) is 16.6. The fourth-order valence-electron chi connectivity index (χ4n) is 2.45. The van der Waals surface area contributed by atoms with Gasteiger partial charge in [-0.3, -0.25) is 14.9 Å². The van der Waals surface area contributed by atoms with E-state index >= 15 is 0 Å². The van der Waals surface area contributed by atoms with Crippen molar-refractivity contribution in [1.82, 2.24) is 20.0 Å². The molecule has 23 heavy (non-hydrogen) atoms. The second-order valence-corrected chi connectivity index (χ2v) is 5.26. The Morgan fingerprint density at radius 1 is 1.48 bits per heavy atom. The Kier molecular flexibility index (Phi) is 4.72. The minimum absolute atomic E-state index is 0.0610. The smallest absolute Gasteiger partial charge is 0.338 e. The van der Waals surface area contributed by atoms with Gasteiger partial charge in [0.05, 0.1) is 10.8 Å². The number of carboxylic acid groups (broad SMARTS) is 1. The van der Waals surface area contributed by atoms with E-state index in [0.717, 1.165) is 0 Å². The fraction of sp³-hybridized carbons (Fsp3) is 0.538. The normalized spacial score (nSPS) is 12.3. The van der Waals surface area contributed by atoms with Crippen molar-refractivity contribution in [3.05, 3.63) is 21.4 Å². The number of fused-ring (bicyclic) bond motifs is 1. The van der Waals surface area contributed by atoms with Gasteiger partial charge in [-0.05, 0) is 37.1 Å². The Morgan fingerprint density at radius 3 is 2.74 bits per heavy atom. The number of nitrogens with one attached hydrogen (secondary N) is 1. The van der Waals surface area contributed by atoms with Crippen molar-refractivity contribution in [3.63, 3.8) is 0 Å². The lowest BCUT2D eigenvalue weighted by Crippen LogP contribution is -2.18. The first-order valence-electron chi connectivity index (χ1n) is 7.20. The molecular weight excluding hydrogens is 304 g/mol. The highest BCUT2D eigenvalue weighted by Crippen LogP contribution is 2.33. The number of hydrogen-bond donors (Lipinski definition) is 2. The number of hydrogen-bond acceptors (Lipinski definition) is 7. The van der Waals surface area contributed by atoms with Gasteiger partial charge in [-0.15, -0.1) is 5.10 Å². The van der Waals surface area contributed by atoms with E-state index in [1.54, 1.807) is 20.8 Å². The monoisotopic (exact) mass is 322 g/mol. The van der Waals surface area contributed by atoms with E-state index in [4.69, 9.17) is 5.11 Å². The maximum absolute atomic E-state index is 11.4. The zero-order valence-corrected chi connectivity index (χ0v) is 13.1. The van der Waals surface area contributed by atoms with Gasteiger partial charge in [0.25, 0.3) is 5.65 Å². The van der Waals surface area contributed by atoms with Crippen LogP contribution in [0, 0.1) is 29.9 Å². The van der Waals surface area contributed by atoms with Crippen LogP contribution in [0.3, 0.4) is 0 Å². The van der Waals surface area contributed by atoms with Crippen molar-refractivity contribution in [2.45, 2.75) is 33.6 Å². The largest absolute Gasteiger partial charge is 0.481 e. The van der Waals surface area contributed by atoms with E-state index in [0.29, 0.717) is 36.3 Å². The number of aliphatic carboxylic acids is 1. The lowest BCUT2D eigenvalue weighted by molar-refractivity contribution is -0.382. The number of carboxylic acids is 1. The summed E-state index contributed by atoms with van der Waals surface area (Å²) in [5.74, 6) is -1.35. The average Bonchev–Trinajstić information content (AvgIpc) is 2.96. The number of pyridine rings is 1. The van der Waals surface area contributed by atoms with Gasteiger partial charge in [-0.2, -0.15) is 4.52 Å². The van der Waals surface area contributed by atoms with E-state index in [1.165, 1.54) is 4.52 Å². The van der Waals surface area contributed by atoms with Gasteiger partial charge in [0.15, 0.2) is 0 Å². The third kappa shape index (κ3) is 3.05. The highest BCUT2D eigenvalue weighted by Gasteiger charge is 2.26.